The third-order valence-corrected chi connectivity index (χ3v) is 2.47. The molecule has 13 heavy (non-hydrogen) atoms. The fraction of sp³-hybridized carbons (Fsp3) is 0.500. The van der Waals surface area contributed by atoms with Gasteiger partial charge in [0.2, 0.25) is 0 Å². The summed E-state index contributed by atoms with van der Waals surface area (Å²) in [4.78, 5) is 4.30. The smallest absolute Gasteiger partial charge is 0.0901 e. The number of allylic oxidation sites excluding steroid dienone is 1. The summed E-state index contributed by atoms with van der Waals surface area (Å²) in [5.41, 5.74) is 1.02. The molecule has 0 radical (unpaired) electrons. The predicted octanol–water partition coefficient (Wildman–Crippen LogP) is 2.63. The minimum Gasteiger partial charge on any atom is -0.393 e. The van der Waals surface area contributed by atoms with E-state index in [1.54, 1.807) is 18.3 Å². The fourth-order valence-electron chi connectivity index (χ4n) is 0.998. The number of hydrogen-bond acceptors (Lipinski definition) is 3. The van der Waals surface area contributed by atoms with Gasteiger partial charge in [0.05, 0.1) is 16.8 Å². The lowest BCUT2D eigenvalue weighted by Gasteiger charge is -1.97. The summed E-state index contributed by atoms with van der Waals surface area (Å²) in [5.74, 6) is 0. The highest BCUT2D eigenvalue weighted by atomic mass is 32.1. The highest BCUT2D eigenvalue weighted by molar-refractivity contribution is 7.09. The summed E-state index contributed by atoms with van der Waals surface area (Å²) in [5, 5.41) is 12.1. The van der Waals surface area contributed by atoms with Crippen LogP contribution in [0.25, 0.3) is 6.08 Å². The van der Waals surface area contributed by atoms with Crippen LogP contribution in [0.3, 0.4) is 0 Å². The van der Waals surface area contributed by atoms with Crippen LogP contribution in [0.1, 0.15) is 30.5 Å². The van der Waals surface area contributed by atoms with E-state index in [-0.39, 0.29) is 6.10 Å². The molecule has 0 fully saturated rings. The van der Waals surface area contributed by atoms with Crippen molar-refractivity contribution in [1.29, 1.82) is 0 Å². The summed E-state index contributed by atoms with van der Waals surface area (Å²) in [7, 11) is 0. The third-order valence-electron chi connectivity index (χ3n) is 1.68. The van der Waals surface area contributed by atoms with Crippen molar-refractivity contribution in [2.24, 2.45) is 0 Å². The molecule has 1 aromatic heterocycles. The van der Waals surface area contributed by atoms with Crippen LogP contribution in [0.2, 0.25) is 0 Å². The molecule has 0 aromatic carbocycles. The summed E-state index contributed by atoms with van der Waals surface area (Å²) in [6.45, 7) is 3.80. The number of aliphatic hydroxyl groups excluding tert-OH is 1. The normalized spacial score (nSPS) is 13.8. The third kappa shape index (κ3) is 4.20. The Morgan fingerprint density at radius 3 is 3.00 bits per heavy atom. The molecule has 0 aliphatic heterocycles. The maximum Gasteiger partial charge on any atom is 0.0901 e. The molecule has 0 saturated carbocycles. The van der Waals surface area contributed by atoms with E-state index in [2.05, 4.69) is 11.1 Å². The zero-order valence-electron chi connectivity index (χ0n) is 8.03. The Balaban J connectivity index is 2.32. The Morgan fingerprint density at radius 1 is 1.69 bits per heavy atom. The van der Waals surface area contributed by atoms with Crippen LogP contribution in [-0.2, 0) is 0 Å². The first-order valence-corrected chi connectivity index (χ1v) is 5.33. The van der Waals surface area contributed by atoms with Crippen molar-refractivity contribution in [1.82, 2.24) is 4.98 Å². The minimum absolute atomic E-state index is 0.207. The Hall–Kier alpha value is -0.670. The average molecular weight is 197 g/mol. The SMILES string of the molecule is Cc1nc(/C=C/CCC(C)O)cs1. The second kappa shape index (κ2) is 5.14. The van der Waals surface area contributed by atoms with Crippen molar-refractivity contribution in [3.8, 4) is 0 Å². The van der Waals surface area contributed by atoms with Crippen LogP contribution < -0.4 is 0 Å². The zero-order chi connectivity index (χ0) is 9.68. The number of nitrogens with zero attached hydrogens (tertiary/aromatic N) is 1. The van der Waals surface area contributed by atoms with Crippen molar-refractivity contribution in [3.05, 3.63) is 22.2 Å². The number of aromatic nitrogens is 1. The summed E-state index contributed by atoms with van der Waals surface area (Å²) >= 11 is 1.66. The Kier molecular flexibility index (Phi) is 4.12. The van der Waals surface area contributed by atoms with Crippen molar-refractivity contribution in [2.45, 2.75) is 32.8 Å². The molecule has 0 aliphatic carbocycles. The molecule has 1 heterocycles. The lowest BCUT2D eigenvalue weighted by atomic mass is 10.2. The van der Waals surface area contributed by atoms with E-state index in [0.717, 1.165) is 23.5 Å². The van der Waals surface area contributed by atoms with E-state index in [4.69, 9.17) is 5.11 Å². The maximum atomic E-state index is 9.01. The molecule has 1 aromatic rings. The van der Waals surface area contributed by atoms with E-state index in [0.29, 0.717) is 0 Å². The minimum atomic E-state index is -0.207. The van der Waals surface area contributed by atoms with Gasteiger partial charge in [0.25, 0.3) is 0 Å². The Bertz CT molecular complexity index is 278. The first kappa shape index (κ1) is 10.4. The predicted molar refractivity (Wildman–Crippen MR) is 56.8 cm³/mol. The summed E-state index contributed by atoms with van der Waals surface area (Å²) in [6.07, 6.45) is 5.59. The molecule has 0 amide bonds. The summed E-state index contributed by atoms with van der Waals surface area (Å²) in [6, 6.07) is 0. The molecule has 2 nitrogen and oxygen atoms in total. The molecule has 1 atom stereocenters. The van der Waals surface area contributed by atoms with Gasteiger partial charge in [0.1, 0.15) is 0 Å². The van der Waals surface area contributed by atoms with Gasteiger partial charge in [-0.1, -0.05) is 6.08 Å². The first-order chi connectivity index (χ1) is 6.18. The van der Waals surface area contributed by atoms with Gasteiger partial charge in [-0.15, -0.1) is 11.3 Å². The van der Waals surface area contributed by atoms with Crippen LogP contribution in [0.5, 0.6) is 0 Å². The van der Waals surface area contributed by atoms with Crippen LogP contribution in [0, 0.1) is 6.92 Å². The largest absolute Gasteiger partial charge is 0.393 e. The number of hydrogen-bond donors (Lipinski definition) is 1. The molecular formula is C10H15NOS. The monoisotopic (exact) mass is 197 g/mol. The van der Waals surface area contributed by atoms with E-state index in [1.165, 1.54) is 0 Å². The topological polar surface area (TPSA) is 33.1 Å². The number of rotatable bonds is 4. The molecule has 72 valence electrons. The fourth-order valence-corrected chi connectivity index (χ4v) is 1.58. The molecule has 1 unspecified atom stereocenters. The lowest BCUT2D eigenvalue weighted by Crippen LogP contribution is -1.96. The number of thiazole rings is 1. The Morgan fingerprint density at radius 2 is 2.46 bits per heavy atom. The van der Waals surface area contributed by atoms with Gasteiger partial charge >= 0.3 is 0 Å². The van der Waals surface area contributed by atoms with Crippen LogP contribution in [0.15, 0.2) is 11.5 Å². The van der Waals surface area contributed by atoms with E-state index < -0.39 is 0 Å². The molecule has 0 spiro atoms. The van der Waals surface area contributed by atoms with Gasteiger partial charge < -0.3 is 5.11 Å². The maximum absolute atomic E-state index is 9.01. The summed E-state index contributed by atoms with van der Waals surface area (Å²) < 4.78 is 0. The second-order valence-corrected chi connectivity index (χ2v) is 4.18. The number of aliphatic hydroxyl groups is 1. The van der Waals surface area contributed by atoms with Crippen LogP contribution >= 0.6 is 11.3 Å². The van der Waals surface area contributed by atoms with Gasteiger partial charge in [0, 0.05) is 5.38 Å². The van der Waals surface area contributed by atoms with Crippen molar-refractivity contribution >= 4 is 17.4 Å². The van der Waals surface area contributed by atoms with Crippen LogP contribution in [-0.4, -0.2) is 16.2 Å². The van der Waals surface area contributed by atoms with Gasteiger partial charge in [-0.3, -0.25) is 0 Å². The van der Waals surface area contributed by atoms with Gasteiger partial charge in [-0.05, 0) is 32.8 Å². The second-order valence-electron chi connectivity index (χ2n) is 3.12. The first-order valence-electron chi connectivity index (χ1n) is 4.45. The molecule has 0 aliphatic rings. The van der Waals surface area contributed by atoms with Gasteiger partial charge in [-0.25, -0.2) is 4.98 Å². The standard InChI is InChI=1S/C10H15NOS/c1-8(12)5-3-4-6-10-7-13-9(2)11-10/h4,6-8,12H,3,5H2,1-2H3/b6-4+. The lowest BCUT2D eigenvalue weighted by molar-refractivity contribution is 0.186. The van der Waals surface area contributed by atoms with Crippen molar-refractivity contribution in [3.63, 3.8) is 0 Å². The van der Waals surface area contributed by atoms with E-state index in [1.807, 2.05) is 18.4 Å². The zero-order valence-corrected chi connectivity index (χ0v) is 8.84. The van der Waals surface area contributed by atoms with Gasteiger partial charge in [0.15, 0.2) is 0 Å². The van der Waals surface area contributed by atoms with Gasteiger partial charge in [-0.2, -0.15) is 0 Å². The van der Waals surface area contributed by atoms with E-state index in [9.17, 15) is 0 Å². The molecule has 0 bridgehead atoms. The molecular weight excluding hydrogens is 182 g/mol. The number of aryl methyl sites for hydroxylation is 1. The van der Waals surface area contributed by atoms with Crippen LogP contribution in [0.4, 0.5) is 0 Å². The molecule has 0 saturated heterocycles. The highest BCUT2D eigenvalue weighted by Gasteiger charge is 1.93. The Labute approximate surface area is 83.0 Å². The van der Waals surface area contributed by atoms with Crippen molar-refractivity contribution < 1.29 is 5.11 Å². The van der Waals surface area contributed by atoms with E-state index >= 15 is 0 Å². The molecule has 1 N–H and O–H groups in total. The quantitative estimate of drug-likeness (QED) is 0.805. The molecule has 3 heteroatoms. The molecule has 1 rings (SSSR count). The highest BCUT2D eigenvalue weighted by Crippen LogP contribution is 2.10. The van der Waals surface area contributed by atoms with Crippen molar-refractivity contribution in [2.75, 3.05) is 0 Å². The average Bonchev–Trinajstić information content (AvgIpc) is 2.45.